The molecule has 0 bridgehead atoms. The summed E-state index contributed by atoms with van der Waals surface area (Å²) in [7, 11) is 1.74. The van der Waals surface area contributed by atoms with E-state index in [1.54, 1.807) is 44.5 Å². The number of fused-ring (bicyclic) bond motifs is 1. The first-order chi connectivity index (χ1) is 16.7. The van der Waals surface area contributed by atoms with Crippen LogP contribution in [-0.2, 0) is 0 Å². The van der Waals surface area contributed by atoms with E-state index in [1.165, 1.54) is 18.2 Å². The number of aromatic carboxylic acids is 1. The molecule has 0 radical (unpaired) electrons. The van der Waals surface area contributed by atoms with Crippen LogP contribution in [0.4, 0.5) is 10.1 Å². The summed E-state index contributed by atoms with van der Waals surface area (Å²) in [5.74, 6) is -1.89. The van der Waals surface area contributed by atoms with Crippen molar-refractivity contribution in [3.63, 3.8) is 0 Å². The summed E-state index contributed by atoms with van der Waals surface area (Å²) in [6.45, 7) is 3.63. The molecule has 4 N–H and O–H groups in total. The molecule has 1 unspecified atom stereocenters. The molecule has 1 aliphatic carbocycles. The molecule has 0 spiro atoms. The van der Waals surface area contributed by atoms with Crippen molar-refractivity contribution >= 4 is 33.9 Å². The molecular weight excluding hydrogens is 449 g/mol. The number of benzene rings is 2. The van der Waals surface area contributed by atoms with Crippen molar-refractivity contribution in [2.45, 2.75) is 19.9 Å². The topological polar surface area (TPSA) is 115 Å². The first kappa shape index (κ1) is 23.7. The average Bonchev–Trinajstić information content (AvgIpc) is 2.80. The second-order valence-electron chi connectivity index (χ2n) is 8.27. The Balaban J connectivity index is 1.84. The summed E-state index contributed by atoms with van der Waals surface area (Å²) in [6, 6.07) is 8.50. The highest BCUT2D eigenvalue weighted by atomic mass is 19.1. The van der Waals surface area contributed by atoms with Gasteiger partial charge in [-0.05, 0) is 55.8 Å². The van der Waals surface area contributed by atoms with Crippen LogP contribution < -0.4 is 16.1 Å². The Hall–Kier alpha value is -4.46. The fourth-order valence-corrected chi connectivity index (χ4v) is 4.06. The lowest BCUT2D eigenvalue weighted by molar-refractivity contribution is 0.0693. The van der Waals surface area contributed by atoms with Crippen molar-refractivity contribution in [1.29, 1.82) is 5.41 Å². The van der Waals surface area contributed by atoms with Gasteiger partial charge in [-0.25, -0.2) is 9.18 Å². The molecule has 1 aromatic heterocycles. The fraction of sp³-hybridized carbons (Fsp3) is 0.148. The van der Waals surface area contributed by atoms with Gasteiger partial charge in [0.2, 0.25) is 0 Å². The molecular formula is C27H24FN3O4. The van der Waals surface area contributed by atoms with Crippen LogP contribution in [0, 0.1) is 18.2 Å². The average molecular weight is 474 g/mol. The molecule has 8 heteroatoms. The first-order valence-electron chi connectivity index (χ1n) is 10.9. The third-order valence-corrected chi connectivity index (χ3v) is 5.70. The highest BCUT2D eigenvalue weighted by Crippen LogP contribution is 2.32. The monoisotopic (exact) mass is 473 g/mol. The van der Waals surface area contributed by atoms with Crippen LogP contribution in [0.5, 0.6) is 0 Å². The number of allylic oxidation sites excluding steroid dienone is 5. The van der Waals surface area contributed by atoms with Gasteiger partial charge in [-0.1, -0.05) is 12.1 Å². The number of rotatable bonds is 6. The molecule has 0 fully saturated rings. The summed E-state index contributed by atoms with van der Waals surface area (Å²) >= 11 is 0. The highest BCUT2D eigenvalue weighted by Gasteiger charge is 2.21. The van der Waals surface area contributed by atoms with Gasteiger partial charge < -0.3 is 25.6 Å². The molecule has 178 valence electrons. The minimum Gasteiger partial charge on any atom is -0.478 e. The molecule has 1 atom stereocenters. The van der Waals surface area contributed by atoms with Gasteiger partial charge >= 0.3 is 5.97 Å². The van der Waals surface area contributed by atoms with Gasteiger partial charge in [0.25, 0.3) is 0 Å². The van der Waals surface area contributed by atoms with E-state index in [0.29, 0.717) is 39.2 Å². The standard InChI is InChI=1S/C27H24FN3O4/c1-14-9-18(15(2)31-22-6-4-5-20(28)25(22)27(33)34)26-19(10-14)23(32)12-24(35-26)16-7-8-21(29)17(11-16)13-30-3/h4-13,15,29-31H,1-3H3,(H,33,34)/b17-13-,29-21?. The van der Waals surface area contributed by atoms with Gasteiger partial charge in [-0.3, -0.25) is 4.79 Å². The lowest BCUT2D eigenvalue weighted by atomic mass is 9.97. The van der Waals surface area contributed by atoms with E-state index >= 15 is 0 Å². The zero-order valence-electron chi connectivity index (χ0n) is 19.4. The Morgan fingerprint density at radius 3 is 2.71 bits per heavy atom. The third-order valence-electron chi connectivity index (χ3n) is 5.70. The van der Waals surface area contributed by atoms with Crippen molar-refractivity contribution in [2.75, 3.05) is 12.4 Å². The van der Waals surface area contributed by atoms with Crippen molar-refractivity contribution in [3.05, 3.63) is 105 Å². The van der Waals surface area contributed by atoms with Crippen molar-refractivity contribution in [2.24, 2.45) is 0 Å². The Morgan fingerprint density at radius 1 is 1.23 bits per heavy atom. The molecule has 0 saturated carbocycles. The number of carboxylic acid groups (broad SMARTS) is 1. The second kappa shape index (κ2) is 9.42. The molecule has 3 aromatic rings. The number of hydrogen-bond acceptors (Lipinski definition) is 6. The summed E-state index contributed by atoms with van der Waals surface area (Å²) in [6.07, 6.45) is 6.77. The van der Waals surface area contributed by atoms with Crippen LogP contribution in [0.1, 0.15) is 40.2 Å². The summed E-state index contributed by atoms with van der Waals surface area (Å²) in [5.41, 5.74) is 2.82. The molecule has 2 aromatic carbocycles. The van der Waals surface area contributed by atoms with E-state index in [1.807, 2.05) is 13.0 Å². The number of anilines is 1. The van der Waals surface area contributed by atoms with E-state index in [-0.39, 0.29) is 11.1 Å². The zero-order valence-corrected chi connectivity index (χ0v) is 19.4. The normalized spacial score (nSPS) is 15.3. The quantitative estimate of drug-likeness (QED) is 0.392. The minimum atomic E-state index is -1.38. The number of carboxylic acids is 1. The van der Waals surface area contributed by atoms with Gasteiger partial charge in [0.1, 0.15) is 22.7 Å². The van der Waals surface area contributed by atoms with Crippen LogP contribution in [0.25, 0.3) is 16.5 Å². The molecule has 1 aliphatic rings. The molecule has 1 heterocycles. The van der Waals surface area contributed by atoms with Gasteiger partial charge in [-0.2, -0.15) is 0 Å². The number of nitrogens with one attached hydrogen (secondary N) is 3. The van der Waals surface area contributed by atoms with Crippen LogP contribution >= 0.6 is 0 Å². The lowest BCUT2D eigenvalue weighted by Crippen LogP contribution is -2.14. The van der Waals surface area contributed by atoms with Crippen molar-refractivity contribution in [3.8, 4) is 0 Å². The maximum Gasteiger partial charge on any atom is 0.340 e. The van der Waals surface area contributed by atoms with E-state index in [4.69, 9.17) is 9.83 Å². The maximum atomic E-state index is 14.2. The Morgan fingerprint density at radius 2 is 2.00 bits per heavy atom. The predicted molar refractivity (Wildman–Crippen MR) is 135 cm³/mol. The molecule has 0 amide bonds. The van der Waals surface area contributed by atoms with Crippen LogP contribution in [0.15, 0.2) is 75.6 Å². The predicted octanol–water partition coefficient (Wildman–Crippen LogP) is 5.19. The molecule has 4 rings (SSSR count). The smallest absolute Gasteiger partial charge is 0.340 e. The van der Waals surface area contributed by atoms with E-state index < -0.39 is 23.4 Å². The third kappa shape index (κ3) is 4.63. The summed E-state index contributed by atoms with van der Waals surface area (Å²) < 4.78 is 20.4. The van der Waals surface area contributed by atoms with Gasteiger partial charge in [0.05, 0.1) is 22.8 Å². The SMILES string of the molecule is CN/C=C1/C=C(c2cc(=O)c3cc(C)cc(C(C)Nc4cccc(F)c4C(=O)O)c3o2)C=CC1=N. The molecule has 35 heavy (non-hydrogen) atoms. The number of halogens is 1. The first-order valence-corrected chi connectivity index (χ1v) is 10.9. The molecule has 7 nitrogen and oxygen atoms in total. The highest BCUT2D eigenvalue weighted by molar-refractivity contribution is 6.12. The second-order valence-corrected chi connectivity index (χ2v) is 8.27. The molecule has 0 aliphatic heterocycles. The molecule has 0 saturated heterocycles. The zero-order chi connectivity index (χ0) is 25.3. The fourth-order valence-electron chi connectivity index (χ4n) is 4.06. The number of aryl methyl sites for hydroxylation is 1. The van der Waals surface area contributed by atoms with Crippen LogP contribution in [0.3, 0.4) is 0 Å². The van der Waals surface area contributed by atoms with Gasteiger partial charge in [0.15, 0.2) is 5.43 Å². The summed E-state index contributed by atoms with van der Waals surface area (Å²) in [5, 5.41) is 23.9. The lowest BCUT2D eigenvalue weighted by Gasteiger charge is -2.20. The Labute approximate surface area is 200 Å². The maximum absolute atomic E-state index is 14.2. The van der Waals surface area contributed by atoms with Crippen LogP contribution in [0.2, 0.25) is 0 Å². The van der Waals surface area contributed by atoms with Crippen molar-refractivity contribution < 1.29 is 18.7 Å². The van der Waals surface area contributed by atoms with E-state index in [9.17, 15) is 19.1 Å². The minimum absolute atomic E-state index is 0.122. The Kier molecular flexibility index (Phi) is 6.38. The number of hydrogen-bond donors (Lipinski definition) is 4. The largest absolute Gasteiger partial charge is 0.478 e. The van der Waals surface area contributed by atoms with Crippen molar-refractivity contribution in [1.82, 2.24) is 5.32 Å². The Bertz CT molecular complexity index is 1510. The van der Waals surface area contributed by atoms with E-state index in [2.05, 4.69) is 10.6 Å². The van der Waals surface area contributed by atoms with E-state index in [0.717, 1.165) is 11.6 Å². The van der Waals surface area contributed by atoms with Crippen LogP contribution in [-0.4, -0.2) is 23.8 Å². The van der Waals surface area contributed by atoms with Gasteiger partial charge in [0, 0.05) is 36.0 Å². The summed E-state index contributed by atoms with van der Waals surface area (Å²) in [4.78, 5) is 24.7. The number of carbonyl (C=O) groups is 1. The van der Waals surface area contributed by atoms with Gasteiger partial charge in [-0.15, -0.1) is 0 Å².